The second-order valence-corrected chi connectivity index (χ2v) is 5.39. The lowest BCUT2D eigenvalue weighted by atomic mass is 9.82. The zero-order chi connectivity index (χ0) is 16.4. The average Bonchev–Trinajstić information content (AvgIpc) is 2.33. The maximum atomic E-state index is 11.7. The van der Waals surface area contributed by atoms with Crippen molar-refractivity contribution in [3.63, 3.8) is 0 Å². The quantitative estimate of drug-likeness (QED) is 0.279. The average molecular weight is 300 g/mol. The van der Waals surface area contributed by atoms with Gasteiger partial charge in [0.2, 0.25) is 5.91 Å². The van der Waals surface area contributed by atoms with Crippen LogP contribution < -0.4 is 11.1 Å². The fourth-order valence-electron chi connectivity index (χ4n) is 1.91. The number of rotatable bonds is 10. The van der Waals surface area contributed by atoms with Gasteiger partial charge in [0.05, 0.1) is 0 Å². The Hall–Kier alpha value is -1.38. The third-order valence-corrected chi connectivity index (χ3v) is 2.92. The molecule has 2 atom stereocenters. The lowest BCUT2D eigenvalue weighted by Gasteiger charge is -2.17. The summed E-state index contributed by atoms with van der Waals surface area (Å²) < 4.78 is 0. The number of nitrogens with one attached hydrogen (secondary N) is 1. The summed E-state index contributed by atoms with van der Waals surface area (Å²) in [6, 6.07) is -0.750. The standard InChI is InChI=1S/C13H25BN2O5/c1-9(2)6-11(15)13(19)16-8-10(7-12(17)18)4-3-5-14(20)21/h6,10-11,20-21H,3-5,7-8,15H2,1-2H3,(H,16,19)(H,17,18)/t10-,11+/m1/s1. The second kappa shape index (κ2) is 10.4. The van der Waals surface area contributed by atoms with Crippen molar-refractivity contribution in [1.29, 1.82) is 0 Å². The summed E-state index contributed by atoms with van der Waals surface area (Å²) in [5, 5.41) is 29.0. The zero-order valence-electron chi connectivity index (χ0n) is 12.6. The predicted molar refractivity (Wildman–Crippen MR) is 80.4 cm³/mol. The summed E-state index contributed by atoms with van der Waals surface area (Å²) in [6.45, 7) is 3.87. The largest absolute Gasteiger partial charge is 0.481 e. The molecule has 1 amide bonds. The number of aliphatic carboxylic acids is 1. The number of hydrogen-bond donors (Lipinski definition) is 5. The van der Waals surface area contributed by atoms with Crippen molar-refractivity contribution < 1.29 is 24.7 Å². The van der Waals surface area contributed by atoms with Crippen molar-refractivity contribution in [3.05, 3.63) is 11.6 Å². The van der Waals surface area contributed by atoms with Crippen molar-refractivity contribution in [2.45, 2.75) is 45.5 Å². The van der Waals surface area contributed by atoms with Crippen molar-refractivity contribution in [1.82, 2.24) is 5.32 Å². The van der Waals surface area contributed by atoms with Crippen LogP contribution in [0.3, 0.4) is 0 Å². The molecule has 8 heteroatoms. The monoisotopic (exact) mass is 300 g/mol. The first-order chi connectivity index (χ1) is 9.72. The van der Waals surface area contributed by atoms with Gasteiger partial charge in [-0.25, -0.2) is 0 Å². The Balaban J connectivity index is 4.30. The first kappa shape index (κ1) is 19.6. The van der Waals surface area contributed by atoms with Crippen molar-refractivity contribution in [3.8, 4) is 0 Å². The van der Waals surface area contributed by atoms with E-state index in [1.165, 1.54) is 0 Å². The summed E-state index contributed by atoms with van der Waals surface area (Å²) in [4.78, 5) is 22.5. The molecule has 0 aliphatic heterocycles. The number of allylic oxidation sites excluding steroid dienone is 1. The Morgan fingerprint density at radius 1 is 1.33 bits per heavy atom. The Labute approximate surface area is 125 Å². The molecular weight excluding hydrogens is 275 g/mol. The maximum absolute atomic E-state index is 11.7. The van der Waals surface area contributed by atoms with Crippen LogP contribution in [0.2, 0.25) is 6.32 Å². The van der Waals surface area contributed by atoms with Crippen LogP contribution >= 0.6 is 0 Å². The van der Waals surface area contributed by atoms with Crippen LogP contribution in [0, 0.1) is 5.92 Å². The van der Waals surface area contributed by atoms with Crippen LogP contribution in [-0.2, 0) is 9.59 Å². The number of carbonyl (C=O) groups is 2. The predicted octanol–water partition coefficient (Wildman–Crippen LogP) is -0.260. The van der Waals surface area contributed by atoms with E-state index < -0.39 is 19.1 Å². The molecule has 0 saturated carbocycles. The van der Waals surface area contributed by atoms with E-state index in [-0.39, 0.29) is 31.1 Å². The van der Waals surface area contributed by atoms with Gasteiger partial charge >= 0.3 is 13.1 Å². The number of carboxylic acids is 1. The summed E-state index contributed by atoms with van der Waals surface area (Å²) in [5.74, 6) is -1.56. The summed E-state index contributed by atoms with van der Waals surface area (Å²) in [6.07, 6.45) is 2.69. The Kier molecular flexibility index (Phi) is 9.69. The second-order valence-electron chi connectivity index (χ2n) is 5.39. The minimum Gasteiger partial charge on any atom is -0.481 e. The number of amides is 1. The molecule has 0 heterocycles. The normalized spacial score (nSPS) is 13.2. The molecule has 0 aromatic rings. The van der Waals surface area contributed by atoms with E-state index in [0.717, 1.165) is 5.57 Å². The molecule has 6 N–H and O–H groups in total. The molecular formula is C13H25BN2O5. The zero-order valence-corrected chi connectivity index (χ0v) is 12.6. The van der Waals surface area contributed by atoms with Gasteiger partial charge in [-0.3, -0.25) is 9.59 Å². The van der Waals surface area contributed by atoms with E-state index in [9.17, 15) is 9.59 Å². The molecule has 21 heavy (non-hydrogen) atoms. The maximum Gasteiger partial charge on any atom is 0.451 e. The molecule has 0 bridgehead atoms. The van der Waals surface area contributed by atoms with E-state index in [1.807, 2.05) is 13.8 Å². The Bertz CT molecular complexity index is 370. The molecule has 0 spiro atoms. The van der Waals surface area contributed by atoms with E-state index in [1.54, 1.807) is 6.08 Å². The van der Waals surface area contributed by atoms with E-state index in [4.69, 9.17) is 20.9 Å². The third-order valence-electron chi connectivity index (χ3n) is 2.92. The molecule has 0 aromatic carbocycles. The van der Waals surface area contributed by atoms with E-state index in [0.29, 0.717) is 12.8 Å². The summed E-state index contributed by atoms with van der Waals surface area (Å²) in [7, 11) is -1.39. The minimum absolute atomic E-state index is 0.0836. The molecule has 0 aromatic heterocycles. The topological polar surface area (TPSA) is 133 Å². The lowest BCUT2D eigenvalue weighted by molar-refractivity contribution is -0.138. The van der Waals surface area contributed by atoms with Gasteiger partial charge in [-0.1, -0.05) is 18.1 Å². The van der Waals surface area contributed by atoms with Gasteiger partial charge in [0.1, 0.15) is 6.04 Å². The lowest BCUT2D eigenvalue weighted by Crippen LogP contribution is -2.41. The highest BCUT2D eigenvalue weighted by Crippen LogP contribution is 2.13. The van der Waals surface area contributed by atoms with Gasteiger partial charge in [0.25, 0.3) is 0 Å². The third kappa shape index (κ3) is 11.0. The Morgan fingerprint density at radius 2 is 1.95 bits per heavy atom. The van der Waals surface area contributed by atoms with Gasteiger partial charge in [0.15, 0.2) is 0 Å². The molecule has 0 radical (unpaired) electrons. The van der Waals surface area contributed by atoms with Gasteiger partial charge in [0, 0.05) is 13.0 Å². The van der Waals surface area contributed by atoms with Crippen LogP contribution in [-0.4, -0.2) is 46.7 Å². The number of carbonyl (C=O) groups excluding carboxylic acids is 1. The number of nitrogens with two attached hydrogens (primary N) is 1. The number of carboxylic acid groups (broad SMARTS) is 1. The molecule has 0 saturated heterocycles. The molecule has 120 valence electrons. The van der Waals surface area contributed by atoms with Gasteiger partial charge < -0.3 is 26.2 Å². The molecule has 7 nitrogen and oxygen atoms in total. The molecule has 0 unspecified atom stereocenters. The fourth-order valence-corrected chi connectivity index (χ4v) is 1.91. The van der Waals surface area contributed by atoms with Crippen LogP contribution in [0.15, 0.2) is 11.6 Å². The van der Waals surface area contributed by atoms with E-state index >= 15 is 0 Å². The fraction of sp³-hybridized carbons (Fsp3) is 0.692. The molecule has 0 fully saturated rings. The van der Waals surface area contributed by atoms with Gasteiger partial charge in [-0.15, -0.1) is 0 Å². The smallest absolute Gasteiger partial charge is 0.451 e. The highest BCUT2D eigenvalue weighted by atomic mass is 16.4. The highest BCUT2D eigenvalue weighted by molar-refractivity contribution is 6.40. The van der Waals surface area contributed by atoms with Crippen molar-refractivity contribution >= 4 is 19.0 Å². The minimum atomic E-state index is -1.39. The highest BCUT2D eigenvalue weighted by Gasteiger charge is 2.17. The van der Waals surface area contributed by atoms with Crippen molar-refractivity contribution in [2.24, 2.45) is 11.7 Å². The first-order valence-electron chi connectivity index (χ1n) is 6.98. The van der Waals surface area contributed by atoms with Crippen molar-refractivity contribution in [2.75, 3.05) is 6.54 Å². The molecule has 0 rings (SSSR count). The van der Waals surface area contributed by atoms with Crippen LogP contribution in [0.4, 0.5) is 0 Å². The first-order valence-corrected chi connectivity index (χ1v) is 6.98. The Morgan fingerprint density at radius 3 is 2.43 bits per heavy atom. The summed E-state index contributed by atoms with van der Waals surface area (Å²) >= 11 is 0. The van der Waals surface area contributed by atoms with Crippen LogP contribution in [0.25, 0.3) is 0 Å². The summed E-state index contributed by atoms with van der Waals surface area (Å²) in [5.41, 5.74) is 6.60. The van der Waals surface area contributed by atoms with Crippen LogP contribution in [0.1, 0.15) is 33.1 Å². The SMILES string of the molecule is CC(C)=C[C@H](N)C(=O)NC[C@H](CCCB(O)O)CC(=O)O. The molecule has 0 aliphatic carbocycles. The van der Waals surface area contributed by atoms with E-state index in [2.05, 4.69) is 5.32 Å². The van der Waals surface area contributed by atoms with Gasteiger partial charge in [-0.05, 0) is 32.5 Å². The van der Waals surface area contributed by atoms with Gasteiger partial charge in [-0.2, -0.15) is 0 Å². The number of hydrogen-bond acceptors (Lipinski definition) is 5. The molecule has 0 aliphatic rings. The van der Waals surface area contributed by atoms with Crippen LogP contribution in [0.5, 0.6) is 0 Å².